The van der Waals surface area contributed by atoms with Gasteiger partial charge in [-0.25, -0.2) is 4.79 Å². The molecule has 0 spiro atoms. The van der Waals surface area contributed by atoms with Gasteiger partial charge in [0.05, 0.1) is 16.9 Å². The molecule has 5 heteroatoms. The van der Waals surface area contributed by atoms with Gasteiger partial charge in [0.2, 0.25) is 5.91 Å². The maximum Gasteiger partial charge on any atom is 0.327 e. The molecule has 0 unspecified atom stereocenters. The molecule has 1 saturated heterocycles. The lowest BCUT2D eigenvalue weighted by molar-refractivity contribution is -0.128. The number of urea groups is 1. The van der Waals surface area contributed by atoms with E-state index in [-0.39, 0.29) is 28.8 Å². The first-order valence-electron chi connectivity index (χ1n) is 9.33. The van der Waals surface area contributed by atoms with Crippen molar-refractivity contribution in [3.63, 3.8) is 0 Å². The Kier molecular flexibility index (Phi) is 6.32. The van der Waals surface area contributed by atoms with Crippen LogP contribution in [0.5, 0.6) is 0 Å². The van der Waals surface area contributed by atoms with E-state index in [0.29, 0.717) is 6.42 Å². The molecule has 3 amide bonds. The van der Waals surface area contributed by atoms with Crippen LogP contribution in [0.1, 0.15) is 36.9 Å². The van der Waals surface area contributed by atoms with E-state index in [1.54, 1.807) is 11.9 Å². The van der Waals surface area contributed by atoms with E-state index in [1.807, 2.05) is 55.5 Å². The summed E-state index contributed by atoms with van der Waals surface area (Å²) < 4.78 is 0. The van der Waals surface area contributed by atoms with Crippen molar-refractivity contribution < 1.29 is 9.59 Å². The van der Waals surface area contributed by atoms with Gasteiger partial charge in [-0.05, 0) is 37.3 Å². The zero-order valence-electron chi connectivity index (χ0n) is 15.7. The monoisotopic (exact) mass is 428 g/mol. The summed E-state index contributed by atoms with van der Waals surface area (Å²) in [4.78, 5) is 28.6. The molecule has 0 radical (unpaired) electrons. The Labute approximate surface area is 169 Å². The van der Waals surface area contributed by atoms with Gasteiger partial charge >= 0.3 is 6.03 Å². The maximum atomic E-state index is 13.1. The van der Waals surface area contributed by atoms with Gasteiger partial charge in [0.1, 0.15) is 0 Å². The minimum Gasteiger partial charge on any atom is -0.322 e. The topological polar surface area (TPSA) is 40.6 Å². The number of alkyl halides is 1. The Bertz CT molecular complexity index is 781. The van der Waals surface area contributed by atoms with Gasteiger partial charge < -0.3 is 4.90 Å². The Balaban J connectivity index is 1.70. The first kappa shape index (κ1) is 19.6. The molecule has 27 heavy (non-hydrogen) atoms. The molecule has 0 bridgehead atoms. The van der Waals surface area contributed by atoms with Crippen LogP contribution in [-0.4, -0.2) is 39.7 Å². The number of aryl methyl sites for hydroxylation is 1. The van der Waals surface area contributed by atoms with E-state index in [1.165, 1.54) is 10.5 Å². The standard InChI is InChI=1S/C22H25BrN2O2/c1-16-20(18-13-7-4-8-14-18)25(22(27)24(16)2)21(26)19(23)15-9-12-17-10-5-3-6-11-17/h3-8,10-11,13-14,16,19-20H,9,12,15H2,1-2H3/t16-,19+,20-/m0/s1. The lowest BCUT2D eigenvalue weighted by Gasteiger charge is -2.26. The highest BCUT2D eigenvalue weighted by Gasteiger charge is 2.46. The van der Waals surface area contributed by atoms with E-state index < -0.39 is 0 Å². The van der Waals surface area contributed by atoms with Crippen molar-refractivity contribution in [2.75, 3.05) is 7.05 Å². The van der Waals surface area contributed by atoms with Gasteiger partial charge in [0, 0.05) is 7.05 Å². The minimum atomic E-state index is -0.366. The van der Waals surface area contributed by atoms with Crippen molar-refractivity contribution in [3.8, 4) is 0 Å². The molecule has 4 nitrogen and oxygen atoms in total. The van der Waals surface area contributed by atoms with Gasteiger partial charge in [0.25, 0.3) is 0 Å². The second-order valence-corrected chi connectivity index (χ2v) is 8.15. The molecule has 1 heterocycles. The molecule has 3 atom stereocenters. The highest BCUT2D eigenvalue weighted by atomic mass is 79.9. The van der Waals surface area contributed by atoms with Crippen LogP contribution in [0.4, 0.5) is 4.79 Å². The third-order valence-corrected chi connectivity index (χ3v) is 6.12. The Morgan fingerprint density at radius 2 is 1.67 bits per heavy atom. The van der Waals surface area contributed by atoms with Crippen molar-refractivity contribution in [3.05, 3.63) is 71.8 Å². The first-order valence-corrected chi connectivity index (χ1v) is 10.2. The molecule has 1 aliphatic heterocycles. The van der Waals surface area contributed by atoms with Crippen molar-refractivity contribution in [1.29, 1.82) is 0 Å². The van der Waals surface area contributed by atoms with Crippen LogP contribution in [0, 0.1) is 0 Å². The minimum absolute atomic E-state index is 0.0622. The largest absolute Gasteiger partial charge is 0.327 e. The van der Waals surface area contributed by atoms with Gasteiger partial charge in [-0.2, -0.15) is 0 Å². The molecule has 1 fully saturated rings. The Morgan fingerprint density at radius 3 is 2.30 bits per heavy atom. The lowest BCUT2D eigenvalue weighted by Crippen LogP contribution is -2.40. The van der Waals surface area contributed by atoms with Crippen molar-refractivity contribution in [2.24, 2.45) is 0 Å². The summed E-state index contributed by atoms with van der Waals surface area (Å²) >= 11 is 3.53. The second-order valence-electron chi connectivity index (χ2n) is 7.04. The zero-order chi connectivity index (χ0) is 19.4. The average molecular weight is 429 g/mol. The third kappa shape index (κ3) is 4.24. The summed E-state index contributed by atoms with van der Waals surface area (Å²) in [6.45, 7) is 1.99. The predicted molar refractivity (Wildman–Crippen MR) is 111 cm³/mol. The maximum absolute atomic E-state index is 13.1. The number of nitrogens with zero attached hydrogens (tertiary/aromatic N) is 2. The van der Waals surface area contributed by atoms with Crippen LogP contribution in [0.3, 0.4) is 0 Å². The number of hydrogen-bond acceptors (Lipinski definition) is 2. The first-order chi connectivity index (χ1) is 13.0. The number of hydrogen-bond donors (Lipinski definition) is 0. The van der Waals surface area contributed by atoms with E-state index >= 15 is 0 Å². The number of likely N-dealkylation sites (N-methyl/N-ethyl adjacent to an activating group) is 1. The van der Waals surface area contributed by atoms with Gasteiger partial charge in [-0.3, -0.25) is 9.69 Å². The van der Waals surface area contributed by atoms with Crippen LogP contribution >= 0.6 is 15.9 Å². The highest BCUT2D eigenvalue weighted by molar-refractivity contribution is 9.10. The predicted octanol–water partition coefficient (Wildman–Crippen LogP) is 4.80. The van der Waals surface area contributed by atoms with Crippen LogP contribution in [0.25, 0.3) is 0 Å². The molecule has 0 saturated carbocycles. The fourth-order valence-corrected chi connectivity index (χ4v) is 4.15. The summed E-state index contributed by atoms with van der Waals surface area (Å²) in [7, 11) is 1.76. The third-order valence-electron chi connectivity index (χ3n) is 5.27. The number of carbonyl (C=O) groups excluding carboxylic acids is 2. The molecule has 2 aromatic rings. The van der Waals surface area contributed by atoms with Gasteiger partial charge in [-0.1, -0.05) is 76.6 Å². The summed E-state index contributed by atoms with van der Waals surface area (Å²) in [5.41, 5.74) is 2.25. The SMILES string of the molecule is C[C@H]1[C@@H](c2ccccc2)N(C(=O)[C@H](Br)CCCc2ccccc2)C(=O)N1C. The van der Waals surface area contributed by atoms with E-state index in [2.05, 4.69) is 28.1 Å². The van der Waals surface area contributed by atoms with E-state index in [4.69, 9.17) is 0 Å². The Hall–Kier alpha value is -2.14. The Morgan fingerprint density at radius 1 is 1.07 bits per heavy atom. The number of imide groups is 1. The molecular formula is C22H25BrN2O2. The fraction of sp³-hybridized carbons (Fsp3) is 0.364. The molecule has 0 aromatic heterocycles. The molecule has 0 N–H and O–H groups in total. The molecule has 1 aliphatic rings. The van der Waals surface area contributed by atoms with Gasteiger partial charge in [0.15, 0.2) is 0 Å². The van der Waals surface area contributed by atoms with Crippen molar-refractivity contribution in [2.45, 2.75) is 43.1 Å². The van der Waals surface area contributed by atoms with Crippen molar-refractivity contribution in [1.82, 2.24) is 9.80 Å². The fourth-order valence-electron chi connectivity index (χ4n) is 3.60. The quantitative estimate of drug-likeness (QED) is 0.620. The number of carbonyl (C=O) groups is 2. The van der Waals surface area contributed by atoms with Gasteiger partial charge in [-0.15, -0.1) is 0 Å². The number of halogens is 1. The van der Waals surface area contributed by atoms with E-state index in [0.717, 1.165) is 18.4 Å². The normalized spacial score (nSPS) is 20.8. The van der Waals surface area contributed by atoms with Crippen LogP contribution < -0.4 is 0 Å². The van der Waals surface area contributed by atoms with Crippen LogP contribution in [0.2, 0.25) is 0 Å². The molecule has 2 aromatic carbocycles. The van der Waals surface area contributed by atoms with Crippen molar-refractivity contribution >= 4 is 27.9 Å². The average Bonchev–Trinajstić information content (AvgIpc) is 2.92. The second kappa shape index (κ2) is 8.70. The molecule has 3 rings (SSSR count). The summed E-state index contributed by atoms with van der Waals surface area (Å²) in [5.74, 6) is -0.155. The van der Waals surface area contributed by atoms with E-state index in [9.17, 15) is 9.59 Å². The summed E-state index contributed by atoms with van der Waals surface area (Å²) in [6.07, 6.45) is 2.49. The molecular weight excluding hydrogens is 404 g/mol. The highest BCUT2D eigenvalue weighted by Crippen LogP contribution is 2.35. The number of rotatable bonds is 6. The van der Waals surface area contributed by atoms with Crippen LogP contribution in [0.15, 0.2) is 60.7 Å². The summed E-state index contributed by atoms with van der Waals surface area (Å²) in [5, 5.41) is 0. The molecule has 0 aliphatic carbocycles. The number of amides is 3. The zero-order valence-corrected chi connectivity index (χ0v) is 17.3. The van der Waals surface area contributed by atoms with Crippen LogP contribution in [-0.2, 0) is 11.2 Å². The molecule has 142 valence electrons. The summed E-state index contributed by atoms with van der Waals surface area (Å²) in [6, 6.07) is 19.5. The lowest BCUT2D eigenvalue weighted by atomic mass is 9.99. The smallest absolute Gasteiger partial charge is 0.322 e. The number of benzene rings is 2.